The molecule has 5 atom stereocenters. The molecule has 2 aromatic rings. The normalized spacial score (nSPS) is 27.0. The summed E-state index contributed by atoms with van der Waals surface area (Å²) in [5, 5.41) is 39.7. The number of aryl methyl sites for hydroxylation is 1. The van der Waals surface area contributed by atoms with Gasteiger partial charge in [0.15, 0.2) is 0 Å². The zero-order valence-electron chi connectivity index (χ0n) is 16.9. The highest BCUT2D eigenvalue weighted by Crippen LogP contribution is 2.31. The zero-order chi connectivity index (χ0) is 21.0. The van der Waals surface area contributed by atoms with E-state index in [1.54, 1.807) is 13.0 Å². The Balaban J connectivity index is 1.84. The van der Waals surface area contributed by atoms with Crippen LogP contribution in [0.15, 0.2) is 42.5 Å². The lowest BCUT2D eigenvalue weighted by Crippen LogP contribution is -2.56. The van der Waals surface area contributed by atoms with E-state index in [4.69, 9.17) is 9.47 Å². The molecule has 158 valence electrons. The van der Waals surface area contributed by atoms with Gasteiger partial charge in [-0.25, -0.2) is 0 Å². The smallest absolute Gasteiger partial charge is 0.229 e. The third-order valence-electron chi connectivity index (χ3n) is 5.63. The van der Waals surface area contributed by atoms with Crippen LogP contribution in [-0.4, -0.2) is 51.6 Å². The molecule has 0 aromatic heterocycles. The van der Waals surface area contributed by atoms with Gasteiger partial charge in [-0.3, -0.25) is 0 Å². The first kappa shape index (κ1) is 21.7. The topological polar surface area (TPSA) is 99.4 Å². The molecule has 2 aromatic carbocycles. The van der Waals surface area contributed by atoms with Crippen LogP contribution in [0.3, 0.4) is 0 Å². The van der Waals surface area contributed by atoms with E-state index in [2.05, 4.69) is 31.2 Å². The maximum atomic E-state index is 10.4. The Morgan fingerprint density at radius 2 is 1.59 bits per heavy atom. The van der Waals surface area contributed by atoms with Gasteiger partial charge in [0.05, 0.1) is 25.4 Å². The Labute approximate surface area is 171 Å². The molecule has 0 amide bonds. The van der Waals surface area contributed by atoms with Gasteiger partial charge in [0.25, 0.3) is 0 Å². The minimum Gasteiger partial charge on any atom is -0.462 e. The third kappa shape index (κ3) is 4.97. The van der Waals surface area contributed by atoms with Crippen molar-refractivity contribution in [2.75, 3.05) is 6.61 Å². The van der Waals surface area contributed by atoms with E-state index in [1.165, 1.54) is 5.56 Å². The molecule has 6 nitrogen and oxygen atoms in total. The maximum absolute atomic E-state index is 10.4. The minimum atomic E-state index is -1.25. The van der Waals surface area contributed by atoms with Gasteiger partial charge in [0.1, 0.15) is 11.9 Å². The van der Waals surface area contributed by atoms with Gasteiger partial charge in [0, 0.05) is 12.3 Å². The molecule has 1 fully saturated rings. The molecule has 6 heteroatoms. The Morgan fingerprint density at radius 1 is 0.931 bits per heavy atom. The van der Waals surface area contributed by atoms with Gasteiger partial charge in [-0.15, -0.1) is 0 Å². The summed E-state index contributed by atoms with van der Waals surface area (Å²) in [6, 6.07) is 13.7. The van der Waals surface area contributed by atoms with Crippen LogP contribution in [-0.2, 0) is 24.2 Å². The number of hydrogen-bond donors (Lipinski definition) is 4. The fraction of sp³-hybridized carbons (Fsp3) is 0.478. The summed E-state index contributed by atoms with van der Waals surface area (Å²) in [7, 11) is 0. The van der Waals surface area contributed by atoms with Crippen LogP contribution in [0.2, 0.25) is 0 Å². The quantitative estimate of drug-likeness (QED) is 0.564. The fourth-order valence-corrected chi connectivity index (χ4v) is 3.57. The van der Waals surface area contributed by atoms with E-state index in [0.717, 1.165) is 17.5 Å². The Morgan fingerprint density at radius 3 is 2.21 bits per heavy atom. The molecular formula is C23H30O6. The molecule has 4 N–H and O–H groups in total. The summed E-state index contributed by atoms with van der Waals surface area (Å²) < 4.78 is 11.7. The highest BCUT2D eigenvalue weighted by atomic mass is 16.7. The lowest BCUT2D eigenvalue weighted by atomic mass is 9.91. The van der Waals surface area contributed by atoms with Crippen LogP contribution in [0.4, 0.5) is 0 Å². The number of rotatable bonds is 7. The van der Waals surface area contributed by atoms with Gasteiger partial charge in [0.2, 0.25) is 6.29 Å². The van der Waals surface area contributed by atoms with Crippen LogP contribution in [0.25, 0.3) is 0 Å². The second kappa shape index (κ2) is 9.69. The monoisotopic (exact) mass is 402 g/mol. The molecule has 0 unspecified atom stereocenters. The Bertz CT molecular complexity index is 788. The lowest BCUT2D eigenvalue weighted by Gasteiger charge is -2.40. The van der Waals surface area contributed by atoms with Crippen molar-refractivity contribution in [3.8, 4) is 5.75 Å². The van der Waals surface area contributed by atoms with Crippen molar-refractivity contribution in [3.05, 3.63) is 64.7 Å². The van der Waals surface area contributed by atoms with E-state index < -0.39 is 30.5 Å². The second-order valence-corrected chi connectivity index (χ2v) is 7.63. The molecule has 29 heavy (non-hydrogen) atoms. The molecule has 0 radical (unpaired) electrons. The number of hydrogen-bond acceptors (Lipinski definition) is 6. The number of benzene rings is 2. The van der Waals surface area contributed by atoms with Crippen molar-refractivity contribution in [2.45, 2.75) is 57.9 Å². The number of aliphatic hydroxyl groups excluding tert-OH is 4. The van der Waals surface area contributed by atoms with Crippen molar-refractivity contribution < 1.29 is 29.9 Å². The van der Waals surface area contributed by atoms with E-state index in [0.29, 0.717) is 17.7 Å². The van der Waals surface area contributed by atoms with Gasteiger partial charge in [-0.2, -0.15) is 0 Å². The predicted octanol–water partition coefficient (Wildman–Crippen LogP) is 1.79. The highest BCUT2D eigenvalue weighted by molar-refractivity contribution is 5.41. The van der Waals surface area contributed by atoms with Crippen molar-refractivity contribution in [3.63, 3.8) is 0 Å². The molecule has 3 rings (SSSR count). The van der Waals surface area contributed by atoms with Crippen LogP contribution in [0.5, 0.6) is 5.75 Å². The first-order valence-electron chi connectivity index (χ1n) is 10.1. The molecule has 0 spiro atoms. The summed E-state index contributed by atoms with van der Waals surface area (Å²) >= 11 is 0. The van der Waals surface area contributed by atoms with Crippen molar-refractivity contribution in [2.24, 2.45) is 5.92 Å². The van der Waals surface area contributed by atoms with Gasteiger partial charge < -0.3 is 29.9 Å². The van der Waals surface area contributed by atoms with Crippen molar-refractivity contribution >= 4 is 0 Å². The third-order valence-corrected chi connectivity index (χ3v) is 5.63. The second-order valence-electron chi connectivity index (χ2n) is 7.63. The molecule has 1 aliphatic rings. The Kier molecular flexibility index (Phi) is 7.27. The van der Waals surface area contributed by atoms with Gasteiger partial charge in [-0.1, -0.05) is 50.2 Å². The first-order valence-corrected chi connectivity index (χ1v) is 10.1. The number of ether oxygens (including phenoxy) is 2. The molecule has 1 aliphatic heterocycles. The molecule has 0 aliphatic carbocycles. The average molecular weight is 402 g/mol. The number of aliphatic hydroxyl groups is 4. The summed E-state index contributed by atoms with van der Waals surface area (Å²) in [5.41, 5.74) is 3.91. The van der Waals surface area contributed by atoms with Gasteiger partial charge >= 0.3 is 0 Å². The standard InChI is InChI=1S/C23H30O6/c1-3-15-4-6-16(7-5-15)10-18-9-8-17(12-24)11-19(18)28-23-22(27)21(26)14(2)20(13-25)29-23/h4-9,11,14,20-27H,3,10,12-13H2,1-2H3/t14-,20-,21+,22-,23+/m1/s1. The molecular weight excluding hydrogens is 372 g/mol. The van der Waals surface area contributed by atoms with Gasteiger partial charge in [-0.05, 0) is 34.7 Å². The predicted molar refractivity (Wildman–Crippen MR) is 109 cm³/mol. The SMILES string of the molecule is CCc1ccc(Cc2ccc(CO)cc2O[C@H]2O[C@H](CO)[C@@H](C)[C@H](O)[C@H]2O)cc1. The van der Waals surface area contributed by atoms with Crippen molar-refractivity contribution in [1.82, 2.24) is 0 Å². The molecule has 0 bridgehead atoms. The first-order chi connectivity index (χ1) is 14.0. The molecule has 1 heterocycles. The van der Waals surface area contributed by atoms with Crippen molar-refractivity contribution in [1.29, 1.82) is 0 Å². The summed E-state index contributed by atoms with van der Waals surface area (Å²) in [4.78, 5) is 0. The van der Waals surface area contributed by atoms with E-state index in [9.17, 15) is 20.4 Å². The minimum absolute atomic E-state index is 0.144. The molecule has 1 saturated heterocycles. The summed E-state index contributed by atoms with van der Waals surface area (Å²) in [6.45, 7) is 3.40. The van der Waals surface area contributed by atoms with Crippen LogP contribution < -0.4 is 4.74 Å². The van der Waals surface area contributed by atoms with Crippen LogP contribution >= 0.6 is 0 Å². The molecule has 0 saturated carbocycles. The largest absolute Gasteiger partial charge is 0.462 e. The zero-order valence-corrected chi connectivity index (χ0v) is 16.9. The van der Waals surface area contributed by atoms with E-state index in [1.807, 2.05) is 12.1 Å². The van der Waals surface area contributed by atoms with Crippen LogP contribution in [0, 0.1) is 5.92 Å². The Hall–Kier alpha value is -1.96. The average Bonchev–Trinajstić information content (AvgIpc) is 2.75. The summed E-state index contributed by atoms with van der Waals surface area (Å²) in [6.07, 6.45) is -2.49. The maximum Gasteiger partial charge on any atom is 0.229 e. The van der Waals surface area contributed by atoms with E-state index >= 15 is 0 Å². The highest BCUT2D eigenvalue weighted by Gasteiger charge is 2.43. The summed E-state index contributed by atoms with van der Waals surface area (Å²) in [5.74, 6) is 0.0498. The lowest BCUT2D eigenvalue weighted by molar-refractivity contribution is -0.261. The van der Waals surface area contributed by atoms with E-state index in [-0.39, 0.29) is 13.2 Å². The van der Waals surface area contributed by atoms with Crippen LogP contribution in [0.1, 0.15) is 36.1 Å². The fourth-order valence-electron chi connectivity index (χ4n) is 3.57.